The predicted octanol–water partition coefficient (Wildman–Crippen LogP) is 3.65. The van der Waals surface area contributed by atoms with Crippen molar-refractivity contribution >= 4 is 0 Å². The van der Waals surface area contributed by atoms with Crippen LogP contribution in [0.4, 0.5) is 0 Å². The zero-order chi connectivity index (χ0) is 7.98. The summed E-state index contributed by atoms with van der Waals surface area (Å²) in [7, 11) is 2.20. The van der Waals surface area contributed by atoms with Crippen LogP contribution in [0.2, 0.25) is 0 Å². The van der Waals surface area contributed by atoms with E-state index in [0.717, 1.165) is 5.92 Å². The number of hydrogen-bond acceptors (Lipinski definition) is 1. The lowest BCUT2D eigenvalue weighted by Crippen LogP contribution is -2.28. The second kappa shape index (κ2) is 11.0. The van der Waals surface area contributed by atoms with Crippen LogP contribution in [0.15, 0.2) is 0 Å². The minimum Gasteiger partial charge on any atom is -0.306 e. The maximum atomic E-state index is 2.40. The van der Waals surface area contributed by atoms with Crippen LogP contribution in [0.25, 0.3) is 0 Å². The molecule has 0 radical (unpaired) electrons. The zero-order valence-corrected chi connectivity index (χ0v) is 7.85. The van der Waals surface area contributed by atoms with E-state index in [9.17, 15) is 0 Å². The van der Waals surface area contributed by atoms with Crippen LogP contribution in [0.1, 0.15) is 48.5 Å². The number of piperidine rings is 1. The van der Waals surface area contributed by atoms with Crippen molar-refractivity contribution in [2.45, 2.75) is 48.5 Å². The summed E-state index contributed by atoms with van der Waals surface area (Å²) >= 11 is 0. The summed E-state index contributed by atoms with van der Waals surface area (Å²) in [5, 5.41) is 0. The average molecular weight is 175 g/mol. The number of likely N-dealkylation sites (tertiary alicyclic amines) is 1. The van der Waals surface area contributed by atoms with Gasteiger partial charge in [-0.15, -0.1) is 0 Å². The molecule has 0 aromatic carbocycles. The molecule has 1 aliphatic rings. The normalized spacial score (nSPS) is 18.0. The Morgan fingerprint density at radius 1 is 1.00 bits per heavy atom. The van der Waals surface area contributed by atoms with Crippen molar-refractivity contribution in [2.24, 2.45) is 5.92 Å². The molecule has 0 bridgehead atoms. The van der Waals surface area contributed by atoms with Gasteiger partial charge < -0.3 is 4.90 Å². The fourth-order valence-corrected chi connectivity index (χ4v) is 1.14. The maximum Gasteiger partial charge on any atom is -0.00192 e. The van der Waals surface area contributed by atoms with Crippen LogP contribution < -0.4 is 0 Å². The Morgan fingerprint density at radius 3 is 1.58 bits per heavy atom. The maximum absolute atomic E-state index is 2.40. The fourth-order valence-electron chi connectivity index (χ4n) is 1.14. The third-order valence-electron chi connectivity index (χ3n) is 2.01. The van der Waals surface area contributed by atoms with E-state index in [0.29, 0.717) is 0 Å². The highest BCUT2D eigenvalue weighted by atomic mass is 15.1. The third-order valence-corrected chi connectivity index (χ3v) is 2.01. The van der Waals surface area contributed by atoms with Crippen molar-refractivity contribution in [3.8, 4) is 0 Å². The molecular formula is C11H29N. The summed E-state index contributed by atoms with van der Waals surface area (Å²) in [6.45, 7) is 8.95. The zero-order valence-electron chi connectivity index (χ0n) is 7.85. The molecule has 0 amide bonds. The predicted molar refractivity (Wildman–Crippen MR) is 60.7 cm³/mol. The van der Waals surface area contributed by atoms with E-state index in [2.05, 4.69) is 18.9 Å². The SMILES string of the molecule is C.C.CC.CC1CCN(C)CC1. The van der Waals surface area contributed by atoms with Crippen LogP contribution in [0.3, 0.4) is 0 Å². The van der Waals surface area contributed by atoms with Gasteiger partial charge in [0, 0.05) is 0 Å². The van der Waals surface area contributed by atoms with Gasteiger partial charge in [0.25, 0.3) is 0 Å². The number of rotatable bonds is 0. The minimum atomic E-state index is 0. The quantitative estimate of drug-likeness (QED) is 0.543. The van der Waals surface area contributed by atoms with E-state index in [4.69, 9.17) is 0 Å². The Labute approximate surface area is 80.2 Å². The first-order valence-corrected chi connectivity index (χ1v) is 4.47. The molecule has 12 heavy (non-hydrogen) atoms. The molecule has 1 aliphatic heterocycles. The van der Waals surface area contributed by atoms with E-state index in [-0.39, 0.29) is 14.9 Å². The molecule has 1 nitrogen and oxygen atoms in total. The molecule has 0 N–H and O–H groups in total. The molecule has 1 heteroatoms. The first-order chi connectivity index (χ1) is 4.79. The van der Waals surface area contributed by atoms with Crippen LogP contribution >= 0.6 is 0 Å². The van der Waals surface area contributed by atoms with E-state index < -0.39 is 0 Å². The highest BCUT2D eigenvalue weighted by molar-refractivity contribution is 4.65. The van der Waals surface area contributed by atoms with Crippen molar-refractivity contribution < 1.29 is 0 Å². The summed E-state index contributed by atoms with van der Waals surface area (Å²) in [5.41, 5.74) is 0. The highest BCUT2D eigenvalue weighted by Crippen LogP contribution is 2.13. The fraction of sp³-hybridized carbons (Fsp3) is 1.00. The average Bonchev–Trinajstić information content (AvgIpc) is 2.00. The molecule has 1 saturated heterocycles. The largest absolute Gasteiger partial charge is 0.306 e. The molecule has 0 atom stereocenters. The Bertz CT molecular complexity index is 53.4. The third kappa shape index (κ3) is 8.06. The number of hydrogen-bond donors (Lipinski definition) is 0. The van der Waals surface area contributed by atoms with Crippen molar-refractivity contribution in [3.05, 3.63) is 0 Å². The molecule has 1 heterocycles. The highest BCUT2D eigenvalue weighted by Gasteiger charge is 2.10. The standard InChI is InChI=1S/C7H15N.C2H6.2CH4/c1-7-3-5-8(2)6-4-7;1-2;;/h7H,3-6H2,1-2H3;1-2H3;2*1H4. The first-order valence-electron chi connectivity index (χ1n) is 4.47. The molecule has 0 saturated carbocycles. The number of nitrogens with zero attached hydrogens (tertiary/aromatic N) is 1. The van der Waals surface area contributed by atoms with Crippen molar-refractivity contribution in [2.75, 3.05) is 20.1 Å². The molecule has 78 valence electrons. The summed E-state index contributed by atoms with van der Waals surface area (Å²) in [6, 6.07) is 0. The topological polar surface area (TPSA) is 3.24 Å². The van der Waals surface area contributed by atoms with Gasteiger partial charge in [-0.1, -0.05) is 35.6 Å². The van der Waals surface area contributed by atoms with Crippen molar-refractivity contribution in [3.63, 3.8) is 0 Å². The molecule has 1 rings (SSSR count). The van der Waals surface area contributed by atoms with Gasteiger partial charge in [0.15, 0.2) is 0 Å². The van der Waals surface area contributed by atoms with Gasteiger partial charge in [-0.3, -0.25) is 0 Å². The monoisotopic (exact) mass is 175 g/mol. The molecule has 1 fully saturated rings. The second-order valence-corrected chi connectivity index (χ2v) is 2.99. The van der Waals surface area contributed by atoms with Crippen molar-refractivity contribution in [1.29, 1.82) is 0 Å². The van der Waals surface area contributed by atoms with E-state index in [1.165, 1.54) is 25.9 Å². The Morgan fingerprint density at radius 2 is 1.33 bits per heavy atom. The van der Waals surface area contributed by atoms with Crippen LogP contribution in [-0.4, -0.2) is 25.0 Å². The summed E-state index contributed by atoms with van der Waals surface area (Å²) < 4.78 is 0. The van der Waals surface area contributed by atoms with E-state index in [1.807, 2.05) is 13.8 Å². The molecular weight excluding hydrogens is 146 g/mol. The molecule has 0 unspecified atom stereocenters. The minimum absolute atomic E-state index is 0. The van der Waals surface area contributed by atoms with Gasteiger partial charge in [0.2, 0.25) is 0 Å². The molecule has 0 aromatic rings. The lowest BCUT2D eigenvalue weighted by Gasteiger charge is -2.26. The van der Waals surface area contributed by atoms with E-state index >= 15 is 0 Å². The Hall–Kier alpha value is -0.0400. The lowest BCUT2D eigenvalue weighted by atomic mass is 10.00. The first kappa shape index (κ1) is 17.9. The van der Waals surface area contributed by atoms with Crippen LogP contribution in [0.5, 0.6) is 0 Å². The Kier molecular flexibility index (Phi) is 16.3. The lowest BCUT2D eigenvalue weighted by molar-refractivity contribution is 0.230. The van der Waals surface area contributed by atoms with E-state index in [1.54, 1.807) is 0 Å². The van der Waals surface area contributed by atoms with Gasteiger partial charge >= 0.3 is 0 Å². The second-order valence-electron chi connectivity index (χ2n) is 2.99. The summed E-state index contributed by atoms with van der Waals surface area (Å²) in [4.78, 5) is 2.40. The van der Waals surface area contributed by atoms with Gasteiger partial charge in [0.05, 0.1) is 0 Å². The van der Waals surface area contributed by atoms with Gasteiger partial charge in [-0.25, -0.2) is 0 Å². The van der Waals surface area contributed by atoms with Crippen molar-refractivity contribution in [1.82, 2.24) is 4.90 Å². The van der Waals surface area contributed by atoms with Crippen LogP contribution in [-0.2, 0) is 0 Å². The molecule has 0 aliphatic carbocycles. The summed E-state index contributed by atoms with van der Waals surface area (Å²) in [5.74, 6) is 0.978. The summed E-state index contributed by atoms with van der Waals surface area (Å²) in [6.07, 6.45) is 2.80. The van der Waals surface area contributed by atoms with Crippen LogP contribution in [0, 0.1) is 5.92 Å². The van der Waals surface area contributed by atoms with Gasteiger partial charge in [0.1, 0.15) is 0 Å². The Balaban J connectivity index is -0.000000189. The van der Waals surface area contributed by atoms with Gasteiger partial charge in [-0.2, -0.15) is 0 Å². The smallest absolute Gasteiger partial charge is 0.00192 e. The molecule has 0 aromatic heterocycles. The van der Waals surface area contributed by atoms with Gasteiger partial charge in [-0.05, 0) is 38.9 Å². The molecule has 0 spiro atoms.